The highest BCUT2D eigenvalue weighted by molar-refractivity contribution is 7.92. The zero-order chi connectivity index (χ0) is 24.6. The molecule has 2 aromatic carbocycles. The van der Waals surface area contributed by atoms with E-state index in [1.807, 2.05) is 0 Å². The number of amides is 1. The van der Waals surface area contributed by atoms with Crippen molar-refractivity contribution in [3.8, 4) is 11.3 Å². The fourth-order valence-electron chi connectivity index (χ4n) is 3.03. The molecule has 1 heterocycles. The second-order valence-corrected chi connectivity index (χ2v) is 8.88. The first-order valence-corrected chi connectivity index (χ1v) is 11.2. The molecule has 1 amide bonds. The fourth-order valence-corrected chi connectivity index (χ4v) is 3.59. The van der Waals surface area contributed by atoms with Crippen LogP contribution < -0.4 is 10.0 Å². The predicted octanol–water partition coefficient (Wildman–Crippen LogP) is 5.11. The Morgan fingerprint density at radius 3 is 2.21 bits per heavy atom. The summed E-state index contributed by atoms with van der Waals surface area (Å²) < 4.78 is 97.5. The minimum Gasteiger partial charge on any atom is -0.451 e. The Bertz CT molecular complexity index is 1280. The number of carbonyl (C=O) groups is 1. The first-order valence-electron chi connectivity index (χ1n) is 9.30. The standard InChI is InChI=1S/C21H17F5N2O4S/c1-11(12-9-15(22)19(16(23)10-12)28-33(2,30)31)27-20(29)18-8-7-17(32-18)13-5-3-4-6-14(13)21(24,25)26/h3-11,28H,1-2H3,(H,27,29). The van der Waals surface area contributed by atoms with Crippen molar-refractivity contribution in [3.05, 3.63) is 77.1 Å². The van der Waals surface area contributed by atoms with Gasteiger partial charge in [0, 0.05) is 5.56 Å². The molecule has 33 heavy (non-hydrogen) atoms. The van der Waals surface area contributed by atoms with Crippen LogP contribution in [-0.4, -0.2) is 20.6 Å². The molecule has 0 radical (unpaired) electrons. The fraction of sp³-hybridized carbons (Fsp3) is 0.190. The van der Waals surface area contributed by atoms with E-state index in [0.29, 0.717) is 0 Å². The maximum Gasteiger partial charge on any atom is 0.417 e. The summed E-state index contributed by atoms with van der Waals surface area (Å²) in [6, 6.07) is 7.79. The summed E-state index contributed by atoms with van der Waals surface area (Å²) >= 11 is 0. The third kappa shape index (κ3) is 5.69. The maximum atomic E-state index is 14.2. The van der Waals surface area contributed by atoms with Crippen LogP contribution in [0.25, 0.3) is 11.3 Å². The Kier molecular flexibility index (Phi) is 6.50. The Labute approximate surface area is 185 Å². The number of benzene rings is 2. The van der Waals surface area contributed by atoms with Gasteiger partial charge in [-0.3, -0.25) is 9.52 Å². The zero-order valence-corrected chi connectivity index (χ0v) is 17.9. The number of rotatable bonds is 6. The average molecular weight is 488 g/mol. The van der Waals surface area contributed by atoms with Gasteiger partial charge in [-0.2, -0.15) is 13.2 Å². The van der Waals surface area contributed by atoms with Gasteiger partial charge in [0.2, 0.25) is 10.0 Å². The Hall–Kier alpha value is -3.41. The first-order chi connectivity index (χ1) is 15.3. The van der Waals surface area contributed by atoms with Gasteiger partial charge in [-0.05, 0) is 42.8 Å². The van der Waals surface area contributed by atoms with Crippen molar-refractivity contribution in [2.45, 2.75) is 19.1 Å². The van der Waals surface area contributed by atoms with E-state index in [0.717, 1.165) is 24.5 Å². The molecule has 2 N–H and O–H groups in total. The van der Waals surface area contributed by atoms with Gasteiger partial charge >= 0.3 is 6.18 Å². The number of alkyl halides is 3. The molecule has 0 spiro atoms. The van der Waals surface area contributed by atoms with Gasteiger partial charge in [-0.15, -0.1) is 0 Å². The lowest BCUT2D eigenvalue weighted by Gasteiger charge is -2.16. The molecule has 0 fully saturated rings. The number of sulfonamides is 1. The highest BCUT2D eigenvalue weighted by Gasteiger charge is 2.34. The lowest BCUT2D eigenvalue weighted by Crippen LogP contribution is -2.26. The van der Waals surface area contributed by atoms with Crippen molar-refractivity contribution in [1.82, 2.24) is 5.32 Å². The first kappa shape index (κ1) is 24.2. The molecule has 0 aliphatic carbocycles. The van der Waals surface area contributed by atoms with Crippen LogP contribution in [0.2, 0.25) is 0 Å². The normalized spacial score (nSPS) is 12.9. The Morgan fingerprint density at radius 1 is 1.03 bits per heavy atom. The number of carbonyl (C=O) groups excluding carboxylic acids is 1. The average Bonchev–Trinajstić information content (AvgIpc) is 3.19. The molecule has 3 rings (SSSR count). The highest BCUT2D eigenvalue weighted by Crippen LogP contribution is 2.37. The summed E-state index contributed by atoms with van der Waals surface area (Å²) in [5.41, 5.74) is -2.07. The van der Waals surface area contributed by atoms with E-state index in [1.54, 1.807) is 4.72 Å². The second-order valence-electron chi connectivity index (χ2n) is 7.14. The van der Waals surface area contributed by atoms with Gasteiger partial charge in [0.05, 0.1) is 17.9 Å². The summed E-state index contributed by atoms with van der Waals surface area (Å²) in [7, 11) is -3.93. The van der Waals surface area contributed by atoms with E-state index in [4.69, 9.17) is 4.42 Å². The number of nitrogens with one attached hydrogen (secondary N) is 2. The lowest BCUT2D eigenvalue weighted by molar-refractivity contribution is -0.137. The Morgan fingerprint density at radius 2 is 1.64 bits per heavy atom. The van der Waals surface area contributed by atoms with Crippen LogP contribution in [-0.2, 0) is 16.2 Å². The monoisotopic (exact) mass is 488 g/mol. The third-order valence-electron chi connectivity index (χ3n) is 4.53. The number of furan rings is 1. The van der Waals surface area contributed by atoms with Crippen molar-refractivity contribution in [1.29, 1.82) is 0 Å². The zero-order valence-electron chi connectivity index (χ0n) is 17.1. The van der Waals surface area contributed by atoms with Gasteiger partial charge < -0.3 is 9.73 Å². The van der Waals surface area contributed by atoms with Crippen LogP contribution >= 0.6 is 0 Å². The number of hydrogen-bond donors (Lipinski definition) is 2. The maximum absolute atomic E-state index is 14.2. The summed E-state index contributed by atoms with van der Waals surface area (Å²) in [6.45, 7) is 1.40. The van der Waals surface area contributed by atoms with Gasteiger partial charge in [-0.1, -0.05) is 18.2 Å². The van der Waals surface area contributed by atoms with Crippen molar-refractivity contribution in [3.63, 3.8) is 0 Å². The van der Waals surface area contributed by atoms with Crippen LogP contribution in [0.5, 0.6) is 0 Å². The van der Waals surface area contributed by atoms with Crippen LogP contribution in [0.15, 0.2) is 52.9 Å². The van der Waals surface area contributed by atoms with Crippen molar-refractivity contribution in [2.24, 2.45) is 0 Å². The van der Waals surface area contributed by atoms with Crippen molar-refractivity contribution >= 4 is 21.6 Å². The predicted molar refractivity (Wildman–Crippen MR) is 110 cm³/mol. The lowest BCUT2D eigenvalue weighted by atomic mass is 10.1. The number of hydrogen-bond acceptors (Lipinski definition) is 4. The largest absolute Gasteiger partial charge is 0.451 e. The number of anilines is 1. The van der Waals surface area contributed by atoms with Gasteiger partial charge in [0.25, 0.3) is 5.91 Å². The molecule has 1 aromatic heterocycles. The molecule has 6 nitrogen and oxygen atoms in total. The van der Waals surface area contributed by atoms with Crippen molar-refractivity contribution in [2.75, 3.05) is 11.0 Å². The van der Waals surface area contributed by atoms with Gasteiger partial charge in [-0.25, -0.2) is 17.2 Å². The second kappa shape index (κ2) is 8.85. The molecule has 0 aliphatic rings. The van der Waals surface area contributed by atoms with Gasteiger partial charge in [0.1, 0.15) is 11.4 Å². The molecule has 1 atom stereocenters. The molecule has 0 aliphatic heterocycles. The molecule has 1 unspecified atom stereocenters. The van der Waals surface area contributed by atoms with E-state index < -0.39 is 51.0 Å². The molecule has 0 saturated carbocycles. The van der Waals surface area contributed by atoms with Gasteiger partial charge in [0.15, 0.2) is 17.4 Å². The SMILES string of the molecule is CC(NC(=O)c1ccc(-c2ccccc2C(F)(F)F)o1)c1cc(F)c(NS(C)(=O)=O)c(F)c1. The smallest absolute Gasteiger partial charge is 0.417 e. The Balaban J connectivity index is 1.81. The summed E-state index contributed by atoms with van der Waals surface area (Å²) in [4.78, 5) is 12.5. The van der Waals surface area contributed by atoms with E-state index >= 15 is 0 Å². The molecular weight excluding hydrogens is 471 g/mol. The molecule has 176 valence electrons. The van der Waals surface area contributed by atoms with Crippen LogP contribution in [0, 0.1) is 11.6 Å². The molecule has 0 saturated heterocycles. The molecule has 12 heteroatoms. The van der Waals surface area contributed by atoms with E-state index in [1.165, 1.54) is 37.3 Å². The van der Waals surface area contributed by atoms with E-state index in [-0.39, 0.29) is 22.6 Å². The summed E-state index contributed by atoms with van der Waals surface area (Å²) in [5.74, 6) is -3.72. The minimum atomic E-state index is -4.63. The molecule has 3 aromatic rings. The van der Waals surface area contributed by atoms with Crippen molar-refractivity contribution < 1.29 is 39.6 Å². The number of halogens is 5. The summed E-state index contributed by atoms with van der Waals surface area (Å²) in [5, 5.41) is 2.42. The quantitative estimate of drug-likeness (QED) is 0.473. The summed E-state index contributed by atoms with van der Waals surface area (Å²) in [6.07, 6.45) is -3.90. The minimum absolute atomic E-state index is 0.0217. The third-order valence-corrected chi connectivity index (χ3v) is 5.10. The van der Waals surface area contributed by atoms with Crippen LogP contribution in [0.1, 0.15) is 34.6 Å². The molecular formula is C21H17F5N2O4S. The van der Waals surface area contributed by atoms with Crippen LogP contribution in [0.3, 0.4) is 0 Å². The van der Waals surface area contributed by atoms with E-state index in [2.05, 4.69) is 5.32 Å². The molecule has 0 bridgehead atoms. The van der Waals surface area contributed by atoms with E-state index in [9.17, 15) is 35.2 Å². The van der Waals surface area contributed by atoms with Crippen LogP contribution in [0.4, 0.5) is 27.6 Å². The topological polar surface area (TPSA) is 88.4 Å². The highest BCUT2D eigenvalue weighted by atomic mass is 32.2.